The Balaban J connectivity index is 3.45. The van der Waals surface area contributed by atoms with Crippen molar-refractivity contribution in [1.82, 2.24) is 0 Å². The summed E-state index contributed by atoms with van der Waals surface area (Å²) in [5.41, 5.74) is 2.34. The van der Waals surface area contributed by atoms with E-state index in [9.17, 15) is 22.4 Å². The topological polar surface area (TPSA) is 52.3 Å². The van der Waals surface area contributed by atoms with Crippen molar-refractivity contribution in [2.24, 2.45) is 0 Å². The minimum atomic E-state index is -4.89. The molecule has 7 heteroatoms. The van der Waals surface area contributed by atoms with Gasteiger partial charge in [-0.2, -0.15) is 13.2 Å². The molecule has 0 aliphatic carbocycles. The van der Waals surface area contributed by atoms with Gasteiger partial charge in [-0.3, -0.25) is 0 Å². The maximum atomic E-state index is 13.4. The lowest BCUT2D eigenvalue weighted by molar-refractivity contribution is -0.140. The van der Waals surface area contributed by atoms with Gasteiger partial charge in [-0.15, -0.1) is 0 Å². The SMILES string of the molecule is COC(=O)c1c(N)ccc(C(F)(F)F)c1F. The van der Waals surface area contributed by atoms with Gasteiger partial charge >= 0.3 is 12.1 Å². The Labute approximate surface area is 87.8 Å². The summed E-state index contributed by atoms with van der Waals surface area (Å²) in [5, 5.41) is 0. The van der Waals surface area contributed by atoms with Crippen LogP contribution in [0.5, 0.6) is 0 Å². The van der Waals surface area contributed by atoms with Gasteiger partial charge in [0.15, 0.2) is 5.82 Å². The summed E-state index contributed by atoms with van der Waals surface area (Å²) in [6.07, 6.45) is -4.89. The van der Waals surface area contributed by atoms with E-state index in [4.69, 9.17) is 5.73 Å². The van der Waals surface area contributed by atoms with Crippen molar-refractivity contribution in [3.05, 3.63) is 29.1 Å². The third-order valence-electron chi connectivity index (χ3n) is 1.87. The molecule has 0 saturated heterocycles. The summed E-state index contributed by atoms with van der Waals surface area (Å²) in [5.74, 6) is -2.97. The van der Waals surface area contributed by atoms with Crippen LogP contribution in [0.3, 0.4) is 0 Å². The van der Waals surface area contributed by atoms with Crippen LogP contribution in [0.15, 0.2) is 12.1 Å². The molecule has 0 saturated carbocycles. The molecule has 0 aliphatic heterocycles. The first-order chi connectivity index (χ1) is 7.29. The van der Waals surface area contributed by atoms with Gasteiger partial charge in [-0.1, -0.05) is 0 Å². The number of rotatable bonds is 1. The average Bonchev–Trinajstić information content (AvgIpc) is 2.15. The monoisotopic (exact) mass is 237 g/mol. The number of anilines is 1. The first-order valence-electron chi connectivity index (χ1n) is 4.02. The van der Waals surface area contributed by atoms with Crippen molar-refractivity contribution < 1.29 is 27.1 Å². The number of hydrogen-bond acceptors (Lipinski definition) is 3. The summed E-state index contributed by atoms with van der Waals surface area (Å²) in [6, 6.07) is 1.27. The number of alkyl halides is 3. The van der Waals surface area contributed by atoms with E-state index in [2.05, 4.69) is 4.74 Å². The fourth-order valence-electron chi connectivity index (χ4n) is 1.12. The molecule has 16 heavy (non-hydrogen) atoms. The van der Waals surface area contributed by atoms with E-state index in [0.29, 0.717) is 6.07 Å². The lowest BCUT2D eigenvalue weighted by atomic mass is 10.1. The molecule has 0 amide bonds. The number of methoxy groups -OCH3 is 1. The van der Waals surface area contributed by atoms with Crippen LogP contribution in [0.2, 0.25) is 0 Å². The average molecular weight is 237 g/mol. The van der Waals surface area contributed by atoms with Crippen molar-refractivity contribution >= 4 is 11.7 Å². The zero-order valence-electron chi connectivity index (χ0n) is 8.06. The van der Waals surface area contributed by atoms with Gasteiger partial charge < -0.3 is 10.5 Å². The first-order valence-corrected chi connectivity index (χ1v) is 4.02. The lowest BCUT2D eigenvalue weighted by Gasteiger charge is -2.11. The van der Waals surface area contributed by atoms with Crippen molar-refractivity contribution in [3.8, 4) is 0 Å². The van der Waals surface area contributed by atoms with Gasteiger partial charge in [0.25, 0.3) is 0 Å². The number of ether oxygens (including phenoxy) is 1. The van der Waals surface area contributed by atoms with E-state index in [0.717, 1.165) is 13.2 Å². The highest BCUT2D eigenvalue weighted by molar-refractivity contribution is 5.95. The number of halogens is 4. The fourth-order valence-corrected chi connectivity index (χ4v) is 1.12. The number of carbonyl (C=O) groups is 1. The normalized spacial score (nSPS) is 11.3. The first kappa shape index (κ1) is 12.3. The van der Waals surface area contributed by atoms with Crippen molar-refractivity contribution in [2.45, 2.75) is 6.18 Å². The maximum absolute atomic E-state index is 13.4. The standard InChI is InChI=1S/C9H7F4NO2/c1-16-8(15)6-5(14)3-2-4(7(6)10)9(11,12)13/h2-3H,14H2,1H3. The number of benzene rings is 1. The third kappa shape index (κ3) is 2.07. The Morgan fingerprint density at radius 1 is 1.38 bits per heavy atom. The summed E-state index contributed by atoms with van der Waals surface area (Å²) >= 11 is 0. The Bertz CT molecular complexity index is 428. The number of nitrogen functional groups attached to an aromatic ring is 1. The molecule has 0 spiro atoms. The highest BCUT2D eigenvalue weighted by Crippen LogP contribution is 2.34. The molecule has 0 fully saturated rings. The van der Waals surface area contributed by atoms with Crippen LogP contribution >= 0.6 is 0 Å². The van der Waals surface area contributed by atoms with E-state index < -0.39 is 34.8 Å². The van der Waals surface area contributed by atoms with Crippen molar-refractivity contribution in [2.75, 3.05) is 12.8 Å². The largest absolute Gasteiger partial charge is 0.465 e. The van der Waals surface area contributed by atoms with Gasteiger partial charge in [-0.05, 0) is 12.1 Å². The van der Waals surface area contributed by atoms with Crippen molar-refractivity contribution in [3.63, 3.8) is 0 Å². The zero-order chi connectivity index (χ0) is 12.5. The fraction of sp³-hybridized carbons (Fsp3) is 0.222. The Hall–Kier alpha value is -1.79. The lowest BCUT2D eigenvalue weighted by Crippen LogP contribution is -2.15. The number of carbonyl (C=O) groups excluding carboxylic acids is 1. The number of hydrogen-bond donors (Lipinski definition) is 1. The smallest absolute Gasteiger partial charge is 0.419 e. The van der Waals surface area contributed by atoms with Gasteiger partial charge in [0, 0.05) is 5.69 Å². The predicted molar refractivity (Wildman–Crippen MR) is 47.2 cm³/mol. The van der Waals surface area contributed by atoms with Crippen LogP contribution in [0.1, 0.15) is 15.9 Å². The Kier molecular flexibility index (Phi) is 3.06. The van der Waals surface area contributed by atoms with Crippen LogP contribution in [0, 0.1) is 5.82 Å². The Morgan fingerprint density at radius 2 is 1.94 bits per heavy atom. The molecular formula is C9H7F4NO2. The molecule has 2 N–H and O–H groups in total. The predicted octanol–water partition coefficient (Wildman–Crippen LogP) is 2.21. The molecule has 3 nitrogen and oxygen atoms in total. The number of esters is 1. The second-order valence-corrected chi connectivity index (χ2v) is 2.88. The van der Waals surface area contributed by atoms with Crippen LogP contribution in [0.25, 0.3) is 0 Å². The minimum Gasteiger partial charge on any atom is -0.465 e. The molecular weight excluding hydrogens is 230 g/mol. The molecule has 0 aromatic heterocycles. The van der Waals surface area contributed by atoms with E-state index >= 15 is 0 Å². The highest BCUT2D eigenvalue weighted by atomic mass is 19.4. The van der Waals surface area contributed by atoms with Crippen LogP contribution < -0.4 is 5.73 Å². The Morgan fingerprint density at radius 3 is 2.38 bits per heavy atom. The van der Waals surface area contributed by atoms with Gasteiger partial charge in [0.1, 0.15) is 5.56 Å². The van der Waals surface area contributed by atoms with E-state index in [1.807, 2.05) is 0 Å². The van der Waals surface area contributed by atoms with E-state index in [-0.39, 0.29) is 0 Å². The molecule has 1 aromatic carbocycles. The minimum absolute atomic E-state index is 0.405. The molecule has 0 atom stereocenters. The molecule has 1 aromatic rings. The second kappa shape index (κ2) is 3.99. The summed E-state index contributed by atoms with van der Waals surface area (Å²) < 4.78 is 54.4. The van der Waals surface area contributed by atoms with Crippen LogP contribution in [-0.4, -0.2) is 13.1 Å². The molecule has 88 valence electrons. The molecule has 0 aliphatic rings. The van der Waals surface area contributed by atoms with E-state index in [1.165, 1.54) is 0 Å². The summed E-state index contributed by atoms with van der Waals surface area (Å²) in [4.78, 5) is 11.0. The zero-order valence-corrected chi connectivity index (χ0v) is 8.06. The third-order valence-corrected chi connectivity index (χ3v) is 1.87. The summed E-state index contributed by atoms with van der Waals surface area (Å²) in [6.45, 7) is 0. The molecule has 0 heterocycles. The van der Waals surface area contributed by atoms with Crippen molar-refractivity contribution in [1.29, 1.82) is 0 Å². The highest BCUT2D eigenvalue weighted by Gasteiger charge is 2.36. The van der Waals surface area contributed by atoms with E-state index in [1.54, 1.807) is 0 Å². The quantitative estimate of drug-likeness (QED) is 0.463. The van der Waals surface area contributed by atoms with Crippen LogP contribution in [-0.2, 0) is 10.9 Å². The number of nitrogens with two attached hydrogens (primary N) is 1. The molecule has 0 bridgehead atoms. The second-order valence-electron chi connectivity index (χ2n) is 2.88. The van der Waals surface area contributed by atoms with Gasteiger partial charge in [0.2, 0.25) is 0 Å². The molecule has 1 rings (SSSR count). The van der Waals surface area contributed by atoms with Gasteiger partial charge in [0.05, 0.1) is 12.7 Å². The molecule has 0 unspecified atom stereocenters. The van der Waals surface area contributed by atoms with Crippen LogP contribution in [0.4, 0.5) is 23.2 Å². The molecule has 0 radical (unpaired) electrons. The van der Waals surface area contributed by atoms with Gasteiger partial charge in [-0.25, -0.2) is 9.18 Å². The maximum Gasteiger partial charge on any atom is 0.419 e. The summed E-state index contributed by atoms with van der Waals surface area (Å²) in [7, 11) is 0.918.